The molecule has 204 valence electrons. The van der Waals surface area contributed by atoms with Crippen LogP contribution in [0.5, 0.6) is 0 Å². The van der Waals surface area contributed by atoms with E-state index in [2.05, 4.69) is 0 Å². The summed E-state index contributed by atoms with van der Waals surface area (Å²) in [6, 6.07) is 0. The summed E-state index contributed by atoms with van der Waals surface area (Å²) in [4.78, 5) is 11.2. The summed E-state index contributed by atoms with van der Waals surface area (Å²) in [6.45, 7) is -1.30. The van der Waals surface area contributed by atoms with E-state index in [1.165, 1.54) is 0 Å². The van der Waals surface area contributed by atoms with Crippen molar-refractivity contribution in [2.75, 3.05) is 13.2 Å². The molecular formula is C18H30O17. The number of carboxylic acids is 1. The fraction of sp³-hybridized carbons (Fsp3) is 0.944. The zero-order valence-electron chi connectivity index (χ0n) is 17.9. The Balaban J connectivity index is 1.60. The van der Waals surface area contributed by atoms with Gasteiger partial charge >= 0.3 is 5.97 Å². The van der Waals surface area contributed by atoms with Crippen molar-refractivity contribution < 1.29 is 84.7 Å². The predicted molar refractivity (Wildman–Crippen MR) is 102 cm³/mol. The van der Waals surface area contributed by atoms with Crippen molar-refractivity contribution in [2.24, 2.45) is 0 Å². The molecule has 0 amide bonds. The van der Waals surface area contributed by atoms with E-state index in [4.69, 9.17) is 28.8 Å². The van der Waals surface area contributed by atoms with E-state index < -0.39 is 111 Å². The van der Waals surface area contributed by atoms with Crippen LogP contribution in [0.25, 0.3) is 0 Å². The van der Waals surface area contributed by atoms with Gasteiger partial charge in [0, 0.05) is 0 Å². The molecule has 17 nitrogen and oxygen atoms in total. The van der Waals surface area contributed by atoms with Gasteiger partial charge in [0.15, 0.2) is 25.0 Å². The van der Waals surface area contributed by atoms with Crippen molar-refractivity contribution in [3.05, 3.63) is 0 Å². The fourth-order valence-corrected chi connectivity index (χ4v) is 3.83. The average molecular weight is 518 g/mol. The minimum atomic E-state index is -1.95. The number of aliphatic hydroxyl groups excluding tert-OH is 10. The number of aliphatic carboxylic acids is 1. The molecule has 3 aliphatic rings. The Morgan fingerprint density at radius 1 is 0.543 bits per heavy atom. The van der Waals surface area contributed by atoms with Crippen molar-refractivity contribution in [2.45, 2.75) is 92.1 Å². The van der Waals surface area contributed by atoms with Gasteiger partial charge in [-0.1, -0.05) is 0 Å². The molecular weight excluding hydrogens is 488 g/mol. The third kappa shape index (κ3) is 5.90. The molecule has 0 aromatic heterocycles. The topological polar surface area (TPSA) is 286 Å². The normalized spacial score (nSPS) is 51.2. The van der Waals surface area contributed by atoms with E-state index in [1.807, 2.05) is 0 Å². The quantitative estimate of drug-likeness (QED) is 0.149. The van der Waals surface area contributed by atoms with Gasteiger partial charge in [0.2, 0.25) is 0 Å². The lowest BCUT2D eigenvalue weighted by Crippen LogP contribution is -2.63. The highest BCUT2D eigenvalue weighted by atomic mass is 16.7. The van der Waals surface area contributed by atoms with Crippen molar-refractivity contribution in [1.29, 1.82) is 0 Å². The average Bonchev–Trinajstić information content (AvgIpc) is 2.82. The van der Waals surface area contributed by atoms with Gasteiger partial charge in [-0.25, -0.2) is 4.79 Å². The highest BCUT2D eigenvalue weighted by molar-refractivity contribution is 5.73. The molecule has 1 unspecified atom stereocenters. The molecule has 3 aliphatic heterocycles. The van der Waals surface area contributed by atoms with Crippen LogP contribution in [0.3, 0.4) is 0 Å². The van der Waals surface area contributed by atoms with Gasteiger partial charge in [0.25, 0.3) is 0 Å². The van der Waals surface area contributed by atoms with Gasteiger partial charge < -0.3 is 79.9 Å². The first-order valence-corrected chi connectivity index (χ1v) is 10.6. The van der Waals surface area contributed by atoms with Crippen molar-refractivity contribution >= 4 is 5.97 Å². The number of rotatable bonds is 7. The smallest absolute Gasteiger partial charge is 0.335 e. The third-order valence-corrected chi connectivity index (χ3v) is 6.02. The maximum atomic E-state index is 11.2. The zero-order chi connectivity index (χ0) is 26.2. The first-order chi connectivity index (χ1) is 16.3. The van der Waals surface area contributed by atoms with E-state index in [0.717, 1.165) is 0 Å². The van der Waals surface area contributed by atoms with Gasteiger partial charge in [0.05, 0.1) is 13.2 Å². The summed E-state index contributed by atoms with van der Waals surface area (Å²) in [6.07, 6.45) is -26.6. The van der Waals surface area contributed by atoms with Crippen LogP contribution in [0.2, 0.25) is 0 Å². The van der Waals surface area contributed by atoms with Gasteiger partial charge in [0.1, 0.15) is 67.1 Å². The van der Waals surface area contributed by atoms with Gasteiger partial charge in [-0.05, 0) is 0 Å². The lowest BCUT2D eigenvalue weighted by Gasteiger charge is -2.43. The highest BCUT2D eigenvalue weighted by Crippen LogP contribution is 2.27. The van der Waals surface area contributed by atoms with Crippen LogP contribution >= 0.6 is 0 Å². The summed E-state index contributed by atoms with van der Waals surface area (Å²) in [5.74, 6) is -1.65. The molecule has 0 spiro atoms. The standard InChI is InChI=1S/C18H30O17/c19-5-3(33-16(30)11(25)7(5)21)1-31-17-12(26)8(22)6(20)4(34-17)2-32-18-13(27)9(23)10(24)14(35-18)15(28)29/h3-14,16-27,30H,1-2H2,(H,28,29)/t3-,4-,5+,6+,7+,8+,9+,10+,11-,12-,13-,14+,16?,17-,18-/m1/s1. The van der Waals surface area contributed by atoms with Crippen LogP contribution in [0.1, 0.15) is 0 Å². The molecule has 0 aromatic carbocycles. The summed E-state index contributed by atoms with van der Waals surface area (Å²) in [7, 11) is 0. The Morgan fingerprint density at radius 3 is 1.49 bits per heavy atom. The van der Waals surface area contributed by atoms with Crippen LogP contribution in [0.4, 0.5) is 0 Å². The highest BCUT2D eigenvalue weighted by Gasteiger charge is 2.50. The molecule has 17 heteroatoms. The fourth-order valence-electron chi connectivity index (χ4n) is 3.83. The monoisotopic (exact) mass is 518 g/mol. The van der Waals surface area contributed by atoms with E-state index >= 15 is 0 Å². The zero-order valence-corrected chi connectivity index (χ0v) is 17.9. The Morgan fingerprint density at radius 2 is 0.971 bits per heavy atom. The minimum absolute atomic E-state index is 0.616. The second kappa shape index (κ2) is 11.5. The molecule has 15 atom stereocenters. The van der Waals surface area contributed by atoms with E-state index in [1.54, 1.807) is 0 Å². The summed E-state index contributed by atoms with van der Waals surface area (Å²) >= 11 is 0. The Hall–Kier alpha value is -1.13. The largest absolute Gasteiger partial charge is 0.479 e. The molecule has 0 aliphatic carbocycles. The predicted octanol–water partition coefficient (Wildman–Crippen LogP) is -7.48. The maximum absolute atomic E-state index is 11.2. The van der Waals surface area contributed by atoms with Crippen molar-refractivity contribution in [1.82, 2.24) is 0 Å². The number of ether oxygens (including phenoxy) is 5. The minimum Gasteiger partial charge on any atom is -0.479 e. The van der Waals surface area contributed by atoms with E-state index in [0.29, 0.717) is 0 Å². The SMILES string of the molecule is O=C(O)[C@H]1O[C@@H](OC[C@H]2O[C@@H](OC[C@H]3OC(O)[C@H](O)[C@@H](O)[C@H]3O)[C@H](O)[C@@H](O)[C@H]2O)[C@H](O)[C@@H](O)[C@@H]1O. The van der Waals surface area contributed by atoms with Crippen LogP contribution in [0.15, 0.2) is 0 Å². The first kappa shape index (κ1) is 28.4. The van der Waals surface area contributed by atoms with Crippen LogP contribution in [-0.2, 0) is 28.5 Å². The molecule has 0 saturated carbocycles. The second-order valence-corrected chi connectivity index (χ2v) is 8.45. The second-order valence-electron chi connectivity index (χ2n) is 8.45. The molecule has 3 saturated heterocycles. The summed E-state index contributed by atoms with van der Waals surface area (Å²) < 4.78 is 25.7. The van der Waals surface area contributed by atoms with Crippen molar-refractivity contribution in [3.63, 3.8) is 0 Å². The van der Waals surface area contributed by atoms with Crippen LogP contribution < -0.4 is 0 Å². The van der Waals surface area contributed by atoms with Gasteiger partial charge in [-0.3, -0.25) is 0 Å². The number of hydrogen-bond donors (Lipinski definition) is 11. The maximum Gasteiger partial charge on any atom is 0.335 e. The van der Waals surface area contributed by atoms with Gasteiger partial charge in [-0.2, -0.15) is 0 Å². The molecule has 11 N–H and O–H groups in total. The van der Waals surface area contributed by atoms with E-state index in [9.17, 15) is 55.9 Å². The third-order valence-electron chi connectivity index (χ3n) is 6.02. The molecule has 0 aromatic rings. The van der Waals surface area contributed by atoms with Crippen LogP contribution in [0, 0.1) is 0 Å². The number of hydrogen-bond acceptors (Lipinski definition) is 16. The van der Waals surface area contributed by atoms with E-state index in [-0.39, 0.29) is 0 Å². The summed E-state index contributed by atoms with van der Waals surface area (Å²) in [5, 5.41) is 108. The Kier molecular flexibility index (Phi) is 9.35. The molecule has 0 bridgehead atoms. The first-order valence-electron chi connectivity index (χ1n) is 10.6. The lowest BCUT2D eigenvalue weighted by atomic mass is 9.98. The molecule has 35 heavy (non-hydrogen) atoms. The summed E-state index contributed by atoms with van der Waals surface area (Å²) in [5.41, 5.74) is 0. The Labute approximate surface area is 196 Å². The molecule has 3 rings (SSSR count). The molecule has 3 fully saturated rings. The molecule has 0 radical (unpaired) electrons. The Bertz CT molecular complexity index is 711. The number of aliphatic hydroxyl groups is 10. The number of carbonyl (C=O) groups is 1. The van der Waals surface area contributed by atoms with Crippen molar-refractivity contribution in [3.8, 4) is 0 Å². The number of carboxylic acid groups (broad SMARTS) is 1. The van der Waals surface area contributed by atoms with Crippen LogP contribution in [-0.4, -0.2) is 167 Å². The lowest BCUT2D eigenvalue weighted by molar-refractivity contribution is -0.338. The molecule has 3 heterocycles. The van der Waals surface area contributed by atoms with Gasteiger partial charge in [-0.15, -0.1) is 0 Å².